The molecule has 0 amide bonds. The summed E-state index contributed by atoms with van der Waals surface area (Å²) in [6.07, 6.45) is 2.33. The van der Waals surface area contributed by atoms with Crippen LogP contribution in [0, 0.1) is 6.92 Å². The summed E-state index contributed by atoms with van der Waals surface area (Å²) in [7, 11) is 0. The van der Waals surface area contributed by atoms with Gasteiger partial charge in [0.05, 0.1) is 0 Å². The molecule has 1 aliphatic heterocycles. The molecule has 0 spiro atoms. The molecule has 1 aliphatic rings. The summed E-state index contributed by atoms with van der Waals surface area (Å²) in [5.74, 6) is 0. The Kier molecular flexibility index (Phi) is 2.84. The van der Waals surface area contributed by atoms with Crippen LogP contribution in [-0.4, -0.2) is 11.3 Å². The topological polar surface area (TPSA) is 26.0 Å². The third-order valence-corrected chi connectivity index (χ3v) is 4.06. The normalized spacial score (nSPS) is 22.1. The van der Waals surface area contributed by atoms with Crippen molar-refractivity contribution in [1.82, 2.24) is 0 Å². The van der Waals surface area contributed by atoms with E-state index in [0.717, 1.165) is 6.42 Å². The molecule has 0 bridgehead atoms. The van der Waals surface area contributed by atoms with Gasteiger partial charge >= 0.3 is 0 Å². The molecular formula is C12H17NS. The van der Waals surface area contributed by atoms with Crippen molar-refractivity contribution in [2.75, 3.05) is 0 Å². The largest absolute Gasteiger partial charge is 0.328 e. The Hall–Kier alpha value is -0.470. The fourth-order valence-electron chi connectivity index (χ4n) is 2.04. The van der Waals surface area contributed by atoms with Crippen LogP contribution in [-0.2, 0) is 6.42 Å². The summed E-state index contributed by atoms with van der Waals surface area (Å²) in [5.41, 5.74) is 8.81. The molecule has 1 aromatic rings. The van der Waals surface area contributed by atoms with E-state index in [0.29, 0.717) is 11.3 Å². The second-order valence-electron chi connectivity index (χ2n) is 4.21. The maximum absolute atomic E-state index is 5.83. The molecule has 2 heteroatoms. The molecule has 2 rings (SSSR count). The summed E-state index contributed by atoms with van der Waals surface area (Å²) in [6, 6.07) is 6.90. The minimum Gasteiger partial charge on any atom is -0.328 e. The minimum atomic E-state index is 0.321. The number of fused-ring (bicyclic) bond motifs is 1. The van der Waals surface area contributed by atoms with Gasteiger partial charge in [0.25, 0.3) is 0 Å². The Morgan fingerprint density at radius 1 is 1.57 bits per heavy atom. The second kappa shape index (κ2) is 3.95. The van der Waals surface area contributed by atoms with Crippen LogP contribution in [0.4, 0.5) is 0 Å². The van der Waals surface area contributed by atoms with Crippen LogP contribution in [0.25, 0.3) is 0 Å². The van der Waals surface area contributed by atoms with Crippen LogP contribution in [0.15, 0.2) is 23.1 Å². The lowest BCUT2D eigenvalue weighted by molar-refractivity contribution is 0.641. The maximum atomic E-state index is 5.83. The molecule has 2 unspecified atom stereocenters. The zero-order valence-electron chi connectivity index (χ0n) is 8.79. The van der Waals surface area contributed by atoms with Crippen LogP contribution < -0.4 is 5.73 Å². The zero-order valence-corrected chi connectivity index (χ0v) is 9.60. The Balaban J connectivity index is 2.14. The van der Waals surface area contributed by atoms with E-state index in [1.165, 1.54) is 16.9 Å². The minimum absolute atomic E-state index is 0.321. The first-order valence-electron chi connectivity index (χ1n) is 5.17. The van der Waals surface area contributed by atoms with Gasteiger partial charge in [-0.25, -0.2) is 0 Å². The molecule has 0 fully saturated rings. The molecule has 0 saturated heterocycles. The molecule has 0 aliphatic carbocycles. The molecule has 14 heavy (non-hydrogen) atoms. The first kappa shape index (κ1) is 10.1. The Morgan fingerprint density at radius 2 is 2.36 bits per heavy atom. The molecule has 0 saturated carbocycles. The molecule has 0 aromatic heterocycles. The van der Waals surface area contributed by atoms with Crippen LogP contribution in [0.5, 0.6) is 0 Å². The number of nitrogens with two attached hydrogens (primary N) is 1. The van der Waals surface area contributed by atoms with Crippen molar-refractivity contribution in [1.29, 1.82) is 0 Å². The lowest BCUT2D eigenvalue weighted by Crippen LogP contribution is -2.20. The summed E-state index contributed by atoms with van der Waals surface area (Å²) in [6.45, 7) is 4.30. The number of aryl methyl sites for hydroxylation is 1. The lowest BCUT2D eigenvalue weighted by Gasteiger charge is -2.10. The standard InChI is InChI=1S/C12H17NS/c1-8-4-3-5-12-11(8)7-10(14-12)6-9(2)13/h3-5,9-10H,6-7,13H2,1-2H3. The van der Waals surface area contributed by atoms with E-state index < -0.39 is 0 Å². The van der Waals surface area contributed by atoms with Crippen molar-refractivity contribution >= 4 is 11.8 Å². The van der Waals surface area contributed by atoms with Gasteiger partial charge in [0, 0.05) is 16.2 Å². The Labute approximate surface area is 90.1 Å². The number of hydrogen-bond donors (Lipinski definition) is 1. The van der Waals surface area contributed by atoms with Gasteiger partial charge in [0.15, 0.2) is 0 Å². The van der Waals surface area contributed by atoms with Gasteiger partial charge in [0.2, 0.25) is 0 Å². The van der Waals surface area contributed by atoms with Crippen LogP contribution >= 0.6 is 11.8 Å². The van der Waals surface area contributed by atoms with E-state index in [2.05, 4.69) is 32.0 Å². The first-order valence-corrected chi connectivity index (χ1v) is 6.05. The fraction of sp³-hybridized carbons (Fsp3) is 0.500. The molecule has 1 heterocycles. The predicted octanol–water partition coefficient (Wildman–Crippen LogP) is 2.75. The van der Waals surface area contributed by atoms with Crippen LogP contribution in [0.1, 0.15) is 24.5 Å². The van der Waals surface area contributed by atoms with Crippen LogP contribution in [0.3, 0.4) is 0 Å². The Bertz CT molecular complexity index is 333. The third kappa shape index (κ3) is 1.96. The van der Waals surface area contributed by atoms with Gasteiger partial charge in [-0.1, -0.05) is 12.1 Å². The van der Waals surface area contributed by atoms with E-state index >= 15 is 0 Å². The van der Waals surface area contributed by atoms with Crippen molar-refractivity contribution in [2.24, 2.45) is 5.73 Å². The van der Waals surface area contributed by atoms with Gasteiger partial charge in [0.1, 0.15) is 0 Å². The van der Waals surface area contributed by atoms with Gasteiger partial charge in [-0.15, -0.1) is 11.8 Å². The summed E-state index contributed by atoms with van der Waals surface area (Å²) < 4.78 is 0. The van der Waals surface area contributed by atoms with Crippen molar-refractivity contribution in [2.45, 2.75) is 42.9 Å². The SMILES string of the molecule is Cc1cccc2c1CC(CC(C)N)S2. The number of hydrogen-bond acceptors (Lipinski definition) is 2. The molecular weight excluding hydrogens is 190 g/mol. The molecule has 76 valence electrons. The Morgan fingerprint density at radius 3 is 3.00 bits per heavy atom. The second-order valence-corrected chi connectivity index (χ2v) is 5.55. The first-order chi connectivity index (χ1) is 6.66. The average molecular weight is 207 g/mol. The number of rotatable bonds is 2. The van der Waals surface area contributed by atoms with Gasteiger partial charge in [-0.05, 0) is 43.9 Å². The highest BCUT2D eigenvalue weighted by molar-refractivity contribution is 8.00. The van der Waals surface area contributed by atoms with Crippen molar-refractivity contribution in [3.63, 3.8) is 0 Å². The van der Waals surface area contributed by atoms with E-state index in [1.807, 2.05) is 11.8 Å². The highest BCUT2D eigenvalue weighted by atomic mass is 32.2. The van der Waals surface area contributed by atoms with Crippen molar-refractivity contribution in [3.8, 4) is 0 Å². The molecule has 0 radical (unpaired) electrons. The fourth-order valence-corrected chi connectivity index (χ4v) is 3.59. The van der Waals surface area contributed by atoms with Gasteiger partial charge in [-0.2, -0.15) is 0 Å². The average Bonchev–Trinajstić information content (AvgIpc) is 2.47. The monoisotopic (exact) mass is 207 g/mol. The highest BCUT2D eigenvalue weighted by Gasteiger charge is 2.23. The number of thioether (sulfide) groups is 1. The van der Waals surface area contributed by atoms with E-state index in [4.69, 9.17) is 5.73 Å². The molecule has 2 atom stereocenters. The summed E-state index contributed by atoms with van der Waals surface area (Å²) in [5, 5.41) is 0.700. The number of benzene rings is 1. The summed E-state index contributed by atoms with van der Waals surface area (Å²) >= 11 is 2.00. The van der Waals surface area contributed by atoms with Crippen LogP contribution in [0.2, 0.25) is 0 Å². The van der Waals surface area contributed by atoms with Crippen molar-refractivity contribution < 1.29 is 0 Å². The molecule has 2 N–H and O–H groups in total. The lowest BCUT2D eigenvalue weighted by atomic mass is 10.0. The predicted molar refractivity (Wildman–Crippen MR) is 62.8 cm³/mol. The van der Waals surface area contributed by atoms with E-state index in [9.17, 15) is 0 Å². The smallest absolute Gasteiger partial charge is 0.0150 e. The molecule has 1 aromatic carbocycles. The van der Waals surface area contributed by atoms with E-state index in [1.54, 1.807) is 5.56 Å². The highest BCUT2D eigenvalue weighted by Crippen LogP contribution is 2.40. The zero-order chi connectivity index (χ0) is 10.1. The van der Waals surface area contributed by atoms with Crippen molar-refractivity contribution in [3.05, 3.63) is 29.3 Å². The van der Waals surface area contributed by atoms with Gasteiger partial charge in [-0.3, -0.25) is 0 Å². The third-order valence-electron chi connectivity index (χ3n) is 2.73. The summed E-state index contributed by atoms with van der Waals surface area (Å²) in [4.78, 5) is 1.47. The maximum Gasteiger partial charge on any atom is 0.0150 e. The molecule has 1 nitrogen and oxygen atoms in total. The quantitative estimate of drug-likeness (QED) is 0.807. The van der Waals surface area contributed by atoms with E-state index in [-0.39, 0.29) is 0 Å². The van der Waals surface area contributed by atoms with Gasteiger partial charge < -0.3 is 5.73 Å².